The van der Waals surface area contributed by atoms with E-state index in [1.807, 2.05) is 0 Å². The Morgan fingerprint density at radius 2 is 2.05 bits per heavy atom. The topological polar surface area (TPSA) is 90.7 Å². The van der Waals surface area contributed by atoms with E-state index in [1.165, 1.54) is 6.07 Å². The van der Waals surface area contributed by atoms with E-state index in [2.05, 4.69) is 4.72 Å². The van der Waals surface area contributed by atoms with Crippen LogP contribution in [0.25, 0.3) is 0 Å². The Bertz CT molecular complexity index is 598. The molecule has 1 aromatic carbocycles. The van der Waals surface area contributed by atoms with Crippen LogP contribution in [0.4, 0.5) is 0 Å². The molecule has 1 atom stereocenters. The van der Waals surface area contributed by atoms with E-state index in [0.29, 0.717) is 24.9 Å². The summed E-state index contributed by atoms with van der Waals surface area (Å²) in [6.07, 6.45) is 2.17. The molecule has 3 N–H and O–H groups in total. The van der Waals surface area contributed by atoms with Crippen molar-refractivity contribution in [2.24, 2.45) is 11.7 Å². The van der Waals surface area contributed by atoms with Crippen LogP contribution in [0.1, 0.15) is 12.8 Å². The van der Waals surface area contributed by atoms with Crippen LogP contribution in [0.15, 0.2) is 23.1 Å². The zero-order valence-corrected chi connectivity index (χ0v) is 11.9. The molecule has 0 amide bonds. The van der Waals surface area contributed by atoms with Gasteiger partial charge in [-0.05, 0) is 30.9 Å². The largest absolute Gasteiger partial charge is 0.486 e. The summed E-state index contributed by atoms with van der Waals surface area (Å²) in [6, 6.07) is 4.73. The third-order valence-electron chi connectivity index (χ3n) is 3.56. The molecule has 1 aliphatic heterocycles. The molecule has 0 spiro atoms. The number of benzene rings is 1. The second-order valence-corrected chi connectivity index (χ2v) is 6.87. The van der Waals surface area contributed by atoms with Crippen molar-refractivity contribution in [1.82, 2.24) is 4.72 Å². The fourth-order valence-electron chi connectivity index (χ4n) is 2.23. The molecule has 1 saturated carbocycles. The maximum atomic E-state index is 12.3. The van der Waals surface area contributed by atoms with Gasteiger partial charge in [0.1, 0.15) is 18.1 Å². The van der Waals surface area contributed by atoms with Crippen LogP contribution in [-0.4, -0.2) is 34.2 Å². The van der Waals surface area contributed by atoms with Crippen molar-refractivity contribution in [3.05, 3.63) is 18.2 Å². The monoisotopic (exact) mass is 298 g/mol. The van der Waals surface area contributed by atoms with Gasteiger partial charge in [-0.3, -0.25) is 0 Å². The number of hydrogen-bond donors (Lipinski definition) is 2. The smallest absolute Gasteiger partial charge is 0.244 e. The first kappa shape index (κ1) is 13.7. The molecule has 1 aliphatic carbocycles. The number of rotatable bonds is 5. The van der Waals surface area contributed by atoms with Gasteiger partial charge in [-0.25, -0.2) is 13.1 Å². The standard InChI is InChI=1S/C13H18N2O4S/c14-10(9-4-5-9)8-15-20(16,17)12-3-1-2-11-13(12)19-7-6-18-11/h1-3,9-10,15H,4-8,14H2. The third kappa shape index (κ3) is 2.74. The van der Waals surface area contributed by atoms with Gasteiger partial charge in [-0.2, -0.15) is 0 Å². The first-order valence-electron chi connectivity index (χ1n) is 6.72. The number of fused-ring (bicyclic) bond motifs is 1. The highest BCUT2D eigenvalue weighted by Gasteiger charge is 2.30. The number of ether oxygens (including phenoxy) is 2. The van der Waals surface area contributed by atoms with Gasteiger partial charge in [-0.1, -0.05) is 6.07 Å². The van der Waals surface area contributed by atoms with E-state index in [4.69, 9.17) is 15.2 Å². The van der Waals surface area contributed by atoms with Gasteiger partial charge in [0.05, 0.1) is 0 Å². The fourth-order valence-corrected chi connectivity index (χ4v) is 3.46. The Kier molecular flexibility index (Phi) is 3.57. The zero-order chi connectivity index (χ0) is 14.2. The molecule has 0 bridgehead atoms. The molecule has 2 aliphatic rings. The van der Waals surface area contributed by atoms with Gasteiger partial charge in [0.2, 0.25) is 10.0 Å². The molecule has 1 unspecified atom stereocenters. The van der Waals surface area contributed by atoms with E-state index < -0.39 is 10.0 Å². The van der Waals surface area contributed by atoms with Crippen LogP contribution in [0.5, 0.6) is 11.5 Å². The molecule has 6 nitrogen and oxygen atoms in total. The van der Waals surface area contributed by atoms with E-state index >= 15 is 0 Å². The van der Waals surface area contributed by atoms with Crippen molar-refractivity contribution in [1.29, 1.82) is 0 Å². The molecular weight excluding hydrogens is 280 g/mol. The van der Waals surface area contributed by atoms with Gasteiger partial charge in [0.15, 0.2) is 11.5 Å². The third-order valence-corrected chi connectivity index (χ3v) is 5.00. The van der Waals surface area contributed by atoms with Crippen molar-refractivity contribution >= 4 is 10.0 Å². The summed E-state index contributed by atoms with van der Waals surface area (Å²) >= 11 is 0. The maximum Gasteiger partial charge on any atom is 0.244 e. The van der Waals surface area contributed by atoms with Gasteiger partial charge >= 0.3 is 0 Å². The molecule has 1 aromatic rings. The lowest BCUT2D eigenvalue weighted by Crippen LogP contribution is -2.38. The highest BCUT2D eigenvalue weighted by atomic mass is 32.2. The van der Waals surface area contributed by atoms with Gasteiger partial charge in [-0.15, -0.1) is 0 Å². The summed E-state index contributed by atoms with van der Waals surface area (Å²) in [5, 5.41) is 0. The summed E-state index contributed by atoms with van der Waals surface area (Å²) in [5.74, 6) is 1.19. The Morgan fingerprint density at radius 1 is 1.30 bits per heavy atom. The summed E-state index contributed by atoms with van der Waals surface area (Å²) in [5.41, 5.74) is 5.92. The van der Waals surface area contributed by atoms with Gasteiger partial charge in [0, 0.05) is 12.6 Å². The van der Waals surface area contributed by atoms with Crippen LogP contribution >= 0.6 is 0 Å². The van der Waals surface area contributed by atoms with Crippen molar-refractivity contribution in [3.8, 4) is 11.5 Å². The predicted octanol–water partition coefficient (Wildman–Crippen LogP) is 0.473. The Labute approximate surface area is 118 Å². The molecule has 0 saturated heterocycles. The zero-order valence-electron chi connectivity index (χ0n) is 11.0. The molecular formula is C13H18N2O4S. The van der Waals surface area contributed by atoms with Crippen LogP contribution < -0.4 is 19.9 Å². The van der Waals surface area contributed by atoms with Gasteiger partial charge < -0.3 is 15.2 Å². The molecule has 0 radical (unpaired) electrons. The fraction of sp³-hybridized carbons (Fsp3) is 0.538. The molecule has 20 heavy (non-hydrogen) atoms. The SMILES string of the molecule is NC(CNS(=O)(=O)c1cccc2c1OCCO2)C1CC1. The van der Waals surface area contributed by atoms with Crippen molar-refractivity contribution in [2.45, 2.75) is 23.8 Å². The lowest BCUT2D eigenvalue weighted by molar-refractivity contribution is 0.167. The minimum atomic E-state index is -3.64. The Morgan fingerprint density at radius 3 is 2.80 bits per heavy atom. The highest BCUT2D eigenvalue weighted by molar-refractivity contribution is 7.89. The first-order chi connectivity index (χ1) is 9.58. The normalized spacial score (nSPS) is 19.6. The number of hydrogen-bond acceptors (Lipinski definition) is 5. The molecule has 0 aromatic heterocycles. The van der Waals surface area contributed by atoms with Crippen LogP contribution in [0, 0.1) is 5.92 Å². The van der Waals surface area contributed by atoms with E-state index in [-0.39, 0.29) is 23.2 Å². The van der Waals surface area contributed by atoms with Crippen LogP contribution in [-0.2, 0) is 10.0 Å². The second kappa shape index (κ2) is 5.23. The predicted molar refractivity (Wildman–Crippen MR) is 73.3 cm³/mol. The van der Waals surface area contributed by atoms with E-state index in [9.17, 15) is 8.42 Å². The Balaban J connectivity index is 1.79. The number of sulfonamides is 1. The number of nitrogens with two attached hydrogens (primary N) is 1. The average molecular weight is 298 g/mol. The van der Waals surface area contributed by atoms with Crippen molar-refractivity contribution in [3.63, 3.8) is 0 Å². The summed E-state index contributed by atoms with van der Waals surface area (Å²) in [7, 11) is -3.64. The molecule has 110 valence electrons. The Hall–Kier alpha value is -1.31. The lowest BCUT2D eigenvalue weighted by atomic mass is 10.2. The summed E-state index contributed by atoms with van der Waals surface area (Å²) in [4.78, 5) is 0.109. The van der Waals surface area contributed by atoms with E-state index in [0.717, 1.165) is 12.8 Å². The maximum absolute atomic E-state index is 12.3. The van der Waals surface area contributed by atoms with Gasteiger partial charge in [0.25, 0.3) is 0 Å². The second-order valence-electron chi connectivity index (χ2n) is 5.13. The van der Waals surface area contributed by atoms with Crippen molar-refractivity contribution < 1.29 is 17.9 Å². The first-order valence-corrected chi connectivity index (χ1v) is 8.20. The van der Waals surface area contributed by atoms with Crippen molar-refractivity contribution in [2.75, 3.05) is 19.8 Å². The summed E-state index contributed by atoms with van der Waals surface area (Å²) < 4.78 is 38.1. The molecule has 1 fully saturated rings. The molecule has 1 heterocycles. The number of nitrogens with one attached hydrogen (secondary N) is 1. The highest BCUT2D eigenvalue weighted by Crippen LogP contribution is 2.36. The average Bonchev–Trinajstić information content (AvgIpc) is 3.29. The quantitative estimate of drug-likeness (QED) is 0.825. The molecule has 3 rings (SSSR count). The number of para-hydroxylation sites is 1. The lowest BCUT2D eigenvalue weighted by Gasteiger charge is -2.21. The van der Waals surface area contributed by atoms with E-state index in [1.54, 1.807) is 12.1 Å². The molecule has 7 heteroatoms. The van der Waals surface area contributed by atoms with Crippen LogP contribution in [0.3, 0.4) is 0 Å². The minimum Gasteiger partial charge on any atom is -0.486 e. The minimum absolute atomic E-state index is 0.109. The summed E-state index contributed by atoms with van der Waals surface area (Å²) in [6.45, 7) is 1.02. The van der Waals surface area contributed by atoms with Crippen LogP contribution in [0.2, 0.25) is 0 Å².